The Morgan fingerprint density at radius 2 is 1.97 bits per heavy atom. The Morgan fingerprint density at radius 1 is 1.13 bits per heavy atom. The third kappa shape index (κ3) is 3.79. The molecule has 0 aliphatic heterocycles. The number of carbonyl (C=O) groups is 1. The van der Waals surface area contributed by atoms with E-state index in [1.54, 1.807) is 36.1 Å². The summed E-state index contributed by atoms with van der Waals surface area (Å²) in [7, 11) is 1.56. The molecule has 1 amide bonds. The molecule has 8 nitrogen and oxygen atoms in total. The van der Waals surface area contributed by atoms with Gasteiger partial charge in [0.15, 0.2) is 11.5 Å². The van der Waals surface area contributed by atoms with Gasteiger partial charge >= 0.3 is 0 Å². The van der Waals surface area contributed by atoms with E-state index in [0.717, 1.165) is 28.5 Å². The largest absolute Gasteiger partial charge is 0.497 e. The zero-order chi connectivity index (χ0) is 21.3. The number of nitrogens with zero attached hydrogens (tertiary/aromatic N) is 5. The normalized spacial score (nSPS) is 10.8. The number of hydrogen-bond acceptors (Lipinski definition) is 7. The van der Waals surface area contributed by atoms with Crippen LogP contribution in [0.3, 0.4) is 0 Å². The second kappa shape index (κ2) is 8.03. The molecule has 0 aliphatic carbocycles. The molecule has 0 aliphatic rings. The third-order valence-corrected chi connectivity index (χ3v) is 5.30. The van der Waals surface area contributed by atoms with Crippen LogP contribution in [0.15, 0.2) is 42.5 Å². The quantitative estimate of drug-likeness (QED) is 0.525. The van der Waals surface area contributed by atoms with Crippen LogP contribution in [0.1, 0.15) is 27.2 Å². The van der Waals surface area contributed by atoms with E-state index in [2.05, 4.69) is 38.0 Å². The fourth-order valence-electron chi connectivity index (χ4n) is 3.11. The lowest BCUT2D eigenvalue weighted by atomic mass is 10.1. The zero-order valence-electron chi connectivity index (χ0n) is 17.0. The molecule has 4 rings (SSSR count). The number of aromatic nitrogens is 5. The lowest BCUT2D eigenvalue weighted by Crippen LogP contribution is -2.11. The first-order chi connectivity index (χ1) is 14.5. The number of anilines is 1. The molecular formula is C21H20N6O2S. The molecule has 30 heavy (non-hydrogen) atoms. The number of amides is 1. The van der Waals surface area contributed by atoms with Gasteiger partial charge in [0, 0.05) is 17.1 Å². The number of ether oxygens (including phenoxy) is 1. The lowest BCUT2D eigenvalue weighted by Gasteiger charge is -2.07. The second-order valence-corrected chi connectivity index (χ2v) is 7.59. The number of benzene rings is 2. The molecule has 0 saturated heterocycles. The first-order valence-electron chi connectivity index (χ1n) is 9.25. The van der Waals surface area contributed by atoms with Crippen molar-refractivity contribution >= 4 is 22.6 Å². The number of nitrogens with one attached hydrogen (secondary N) is 1. The van der Waals surface area contributed by atoms with E-state index >= 15 is 0 Å². The highest BCUT2D eigenvalue weighted by atomic mass is 32.1. The molecular weight excluding hydrogens is 400 g/mol. The minimum absolute atomic E-state index is 0.285. The van der Waals surface area contributed by atoms with E-state index in [9.17, 15) is 4.79 Å². The van der Waals surface area contributed by atoms with Gasteiger partial charge in [-0.25, -0.2) is 4.68 Å². The highest BCUT2D eigenvalue weighted by Crippen LogP contribution is 2.25. The van der Waals surface area contributed by atoms with E-state index in [1.165, 1.54) is 5.56 Å². The first-order valence-corrected chi connectivity index (χ1v) is 10.0. The third-order valence-electron chi connectivity index (χ3n) is 4.67. The Bertz CT molecular complexity index is 1230. The molecule has 9 heteroatoms. The average molecular weight is 420 g/mol. The smallest absolute Gasteiger partial charge is 0.257 e. The van der Waals surface area contributed by atoms with Crippen LogP contribution in [0.4, 0.5) is 5.13 Å². The predicted octanol–water partition coefficient (Wildman–Crippen LogP) is 3.97. The van der Waals surface area contributed by atoms with Crippen LogP contribution in [0, 0.1) is 20.8 Å². The predicted molar refractivity (Wildman–Crippen MR) is 115 cm³/mol. The van der Waals surface area contributed by atoms with Crippen LogP contribution in [0.5, 0.6) is 5.75 Å². The standard InChI is InChI=1S/C21H20N6O2S/c1-12-8-9-17(13(2)10-12)27-14(3)18(24-26-27)19-22-21(30-25-19)23-20(28)15-6-5-7-16(11-15)29-4/h5-11H,1-4H3,(H,22,23,25,28). The van der Waals surface area contributed by atoms with Crippen molar-refractivity contribution in [3.8, 4) is 23.0 Å². The zero-order valence-corrected chi connectivity index (χ0v) is 17.8. The molecule has 4 aromatic rings. The van der Waals surface area contributed by atoms with Crippen LogP contribution in [-0.4, -0.2) is 37.4 Å². The molecule has 1 N–H and O–H groups in total. The van der Waals surface area contributed by atoms with Gasteiger partial charge < -0.3 is 4.74 Å². The summed E-state index contributed by atoms with van der Waals surface area (Å²) >= 11 is 1.09. The fourth-order valence-corrected chi connectivity index (χ4v) is 3.68. The van der Waals surface area contributed by atoms with E-state index in [0.29, 0.717) is 28.0 Å². The van der Waals surface area contributed by atoms with E-state index in [-0.39, 0.29) is 5.91 Å². The summed E-state index contributed by atoms with van der Waals surface area (Å²) in [5.74, 6) is 0.751. The van der Waals surface area contributed by atoms with E-state index in [1.807, 2.05) is 26.0 Å². The lowest BCUT2D eigenvalue weighted by molar-refractivity contribution is 0.102. The summed E-state index contributed by atoms with van der Waals surface area (Å²) < 4.78 is 11.3. The maximum atomic E-state index is 12.5. The molecule has 2 aromatic carbocycles. The molecule has 0 atom stereocenters. The van der Waals surface area contributed by atoms with Gasteiger partial charge in [-0.05, 0) is 50.6 Å². The first kappa shape index (κ1) is 19.7. The Kier molecular flexibility index (Phi) is 5.28. The molecule has 0 bridgehead atoms. The highest BCUT2D eigenvalue weighted by Gasteiger charge is 2.18. The van der Waals surface area contributed by atoms with Crippen molar-refractivity contribution in [2.24, 2.45) is 0 Å². The number of aryl methyl sites for hydroxylation is 2. The Balaban J connectivity index is 1.57. The monoisotopic (exact) mass is 420 g/mol. The Morgan fingerprint density at radius 3 is 2.73 bits per heavy atom. The van der Waals surface area contributed by atoms with Crippen molar-refractivity contribution in [2.75, 3.05) is 12.4 Å². The minimum atomic E-state index is -0.285. The van der Waals surface area contributed by atoms with Gasteiger partial charge in [0.2, 0.25) is 5.13 Å². The number of rotatable bonds is 5. The molecule has 0 unspecified atom stereocenters. The summed E-state index contributed by atoms with van der Waals surface area (Å²) in [6, 6.07) is 13.1. The van der Waals surface area contributed by atoms with Crippen LogP contribution < -0.4 is 10.1 Å². The molecule has 0 spiro atoms. The highest BCUT2D eigenvalue weighted by molar-refractivity contribution is 7.10. The molecule has 0 radical (unpaired) electrons. The molecule has 2 heterocycles. The van der Waals surface area contributed by atoms with Crippen molar-refractivity contribution in [1.29, 1.82) is 0 Å². The van der Waals surface area contributed by atoms with Gasteiger partial charge in [-0.2, -0.15) is 9.36 Å². The van der Waals surface area contributed by atoms with Crippen molar-refractivity contribution in [3.05, 3.63) is 64.8 Å². The second-order valence-electron chi connectivity index (χ2n) is 6.83. The summed E-state index contributed by atoms with van der Waals surface area (Å²) in [6.45, 7) is 6.01. The van der Waals surface area contributed by atoms with Gasteiger partial charge in [-0.3, -0.25) is 10.1 Å². The molecule has 152 valence electrons. The van der Waals surface area contributed by atoms with Gasteiger partial charge in [0.1, 0.15) is 5.75 Å². The van der Waals surface area contributed by atoms with Gasteiger partial charge in [0.25, 0.3) is 5.91 Å². The van der Waals surface area contributed by atoms with Crippen molar-refractivity contribution in [2.45, 2.75) is 20.8 Å². The Hall–Kier alpha value is -3.59. The maximum Gasteiger partial charge on any atom is 0.257 e. The average Bonchev–Trinajstić information content (AvgIpc) is 3.34. The number of methoxy groups -OCH3 is 1. The van der Waals surface area contributed by atoms with E-state index < -0.39 is 0 Å². The SMILES string of the molecule is COc1cccc(C(=O)Nc2nc(-c3nnn(-c4ccc(C)cc4C)c3C)ns2)c1. The van der Waals surface area contributed by atoms with Gasteiger partial charge in [-0.1, -0.05) is 29.0 Å². The maximum absolute atomic E-state index is 12.5. The van der Waals surface area contributed by atoms with E-state index in [4.69, 9.17) is 4.74 Å². The summed E-state index contributed by atoms with van der Waals surface area (Å²) in [4.78, 5) is 16.9. The van der Waals surface area contributed by atoms with Crippen molar-refractivity contribution in [3.63, 3.8) is 0 Å². The molecule has 0 saturated carbocycles. The van der Waals surface area contributed by atoms with Gasteiger partial charge in [0.05, 0.1) is 18.5 Å². The van der Waals surface area contributed by atoms with Crippen LogP contribution in [0.2, 0.25) is 0 Å². The van der Waals surface area contributed by atoms with Crippen LogP contribution in [-0.2, 0) is 0 Å². The minimum Gasteiger partial charge on any atom is -0.497 e. The van der Waals surface area contributed by atoms with Crippen molar-refractivity contribution < 1.29 is 9.53 Å². The molecule has 0 fully saturated rings. The fraction of sp³-hybridized carbons (Fsp3) is 0.190. The van der Waals surface area contributed by atoms with Crippen molar-refractivity contribution in [1.82, 2.24) is 24.4 Å². The molecule has 2 aromatic heterocycles. The summed E-state index contributed by atoms with van der Waals surface area (Å²) in [6.07, 6.45) is 0. The van der Waals surface area contributed by atoms with Gasteiger partial charge in [-0.15, -0.1) is 5.10 Å². The van der Waals surface area contributed by atoms with Crippen LogP contribution in [0.25, 0.3) is 17.2 Å². The summed E-state index contributed by atoms with van der Waals surface area (Å²) in [5.41, 5.74) is 5.12. The number of hydrogen-bond donors (Lipinski definition) is 1. The number of carbonyl (C=O) groups excluding carboxylic acids is 1. The topological polar surface area (TPSA) is 94.8 Å². The van der Waals surface area contributed by atoms with Crippen LogP contribution >= 0.6 is 11.5 Å². The Labute approximate surface area is 177 Å². The summed E-state index contributed by atoms with van der Waals surface area (Å²) in [5, 5.41) is 11.7.